The van der Waals surface area contributed by atoms with Crippen LogP contribution in [-0.4, -0.2) is 47.1 Å². The third-order valence-corrected chi connectivity index (χ3v) is 3.16. The van der Waals surface area contributed by atoms with Gasteiger partial charge in [-0.3, -0.25) is 9.78 Å². The number of carbonyl (C=O) groups excluding carboxylic acids is 1. The molecule has 0 N–H and O–H groups in total. The normalized spacial score (nSPS) is 19.0. The van der Waals surface area contributed by atoms with E-state index in [1.54, 1.807) is 6.20 Å². The van der Waals surface area contributed by atoms with Crippen molar-refractivity contribution in [1.29, 1.82) is 0 Å². The summed E-state index contributed by atoms with van der Waals surface area (Å²) in [4.78, 5) is 22.2. The Balaban J connectivity index is 1.95. The number of rotatable bonds is 3. The Bertz CT molecular complexity index is 485. The van der Waals surface area contributed by atoms with E-state index in [0.29, 0.717) is 18.3 Å². The van der Waals surface area contributed by atoms with Gasteiger partial charge in [0.15, 0.2) is 0 Å². The molecule has 0 aliphatic carbocycles. The third-order valence-electron chi connectivity index (χ3n) is 3.16. The lowest BCUT2D eigenvalue weighted by molar-refractivity contribution is -0.138. The lowest BCUT2D eigenvalue weighted by Gasteiger charge is -2.25. The second-order valence-electron chi connectivity index (χ2n) is 5.93. The molecule has 2 heterocycles. The molecule has 1 fully saturated rings. The van der Waals surface area contributed by atoms with Crippen molar-refractivity contribution in [2.45, 2.75) is 33.3 Å². The zero-order valence-corrected chi connectivity index (χ0v) is 12.4. The molecule has 0 radical (unpaired) electrons. The predicted molar refractivity (Wildman–Crippen MR) is 73.7 cm³/mol. The van der Waals surface area contributed by atoms with Crippen LogP contribution in [0.2, 0.25) is 0 Å². The van der Waals surface area contributed by atoms with Crippen molar-refractivity contribution in [3.05, 3.63) is 12.4 Å². The number of carbonyl (C=O) groups is 1. The minimum atomic E-state index is -0.356. The van der Waals surface area contributed by atoms with Gasteiger partial charge in [-0.05, 0) is 0 Å². The first-order valence-electron chi connectivity index (χ1n) is 6.72. The van der Waals surface area contributed by atoms with Crippen molar-refractivity contribution in [2.24, 2.45) is 5.41 Å². The van der Waals surface area contributed by atoms with Gasteiger partial charge in [-0.15, -0.1) is 0 Å². The largest absolute Gasteiger partial charge is 0.480 e. The summed E-state index contributed by atoms with van der Waals surface area (Å²) in [5.74, 6) is 1.00. The topological polar surface area (TPSA) is 64.6 Å². The zero-order valence-electron chi connectivity index (χ0n) is 12.4. The molecule has 1 atom stereocenters. The van der Waals surface area contributed by atoms with E-state index in [4.69, 9.17) is 9.47 Å². The van der Waals surface area contributed by atoms with E-state index < -0.39 is 0 Å². The molecule has 1 aromatic heterocycles. The van der Waals surface area contributed by atoms with Crippen molar-refractivity contribution in [3.8, 4) is 11.8 Å². The number of methoxy groups -OCH3 is 1. The van der Waals surface area contributed by atoms with Gasteiger partial charge in [-0.25, -0.2) is 0 Å². The molecule has 1 amide bonds. The number of nitrogens with zero attached hydrogens (tertiary/aromatic N) is 3. The predicted octanol–water partition coefficient (Wildman–Crippen LogP) is 1.51. The fraction of sp³-hybridized carbons (Fsp3) is 0.643. The minimum absolute atomic E-state index is 0.0392. The second kappa shape index (κ2) is 5.64. The molecule has 1 aliphatic rings. The Morgan fingerprint density at radius 1 is 1.35 bits per heavy atom. The first-order chi connectivity index (χ1) is 9.40. The molecule has 6 heteroatoms. The molecular formula is C14H21N3O3. The number of amides is 1. The molecule has 1 aliphatic heterocycles. The van der Waals surface area contributed by atoms with Crippen LogP contribution in [0.25, 0.3) is 0 Å². The summed E-state index contributed by atoms with van der Waals surface area (Å²) < 4.78 is 10.8. The quantitative estimate of drug-likeness (QED) is 0.839. The molecule has 6 nitrogen and oxygen atoms in total. The Morgan fingerprint density at radius 3 is 2.70 bits per heavy atom. The smallest absolute Gasteiger partial charge is 0.235 e. The molecule has 0 saturated carbocycles. The highest BCUT2D eigenvalue weighted by molar-refractivity contribution is 5.81. The standard InChI is InChI=1S/C14H21N3O3/c1-14(2,3)13(18)17-6-5-10(9-17)20-12-8-15-7-11(16-12)19-4/h7-8,10H,5-6,9H2,1-4H3. The molecule has 2 rings (SSSR count). The molecule has 1 aromatic rings. The van der Waals surface area contributed by atoms with Crippen molar-refractivity contribution < 1.29 is 14.3 Å². The van der Waals surface area contributed by atoms with Crippen LogP contribution in [0, 0.1) is 5.41 Å². The molecule has 20 heavy (non-hydrogen) atoms. The first kappa shape index (κ1) is 14.6. The number of ether oxygens (including phenoxy) is 2. The number of hydrogen-bond donors (Lipinski definition) is 0. The monoisotopic (exact) mass is 279 g/mol. The highest BCUT2D eigenvalue weighted by Crippen LogP contribution is 2.23. The van der Waals surface area contributed by atoms with Gasteiger partial charge in [-0.2, -0.15) is 4.98 Å². The second-order valence-corrected chi connectivity index (χ2v) is 5.93. The van der Waals surface area contributed by atoms with Gasteiger partial charge in [0, 0.05) is 18.4 Å². The third kappa shape index (κ3) is 3.37. The van der Waals surface area contributed by atoms with Crippen LogP contribution in [0.3, 0.4) is 0 Å². The zero-order chi connectivity index (χ0) is 14.8. The molecule has 0 bridgehead atoms. The number of aromatic nitrogens is 2. The maximum absolute atomic E-state index is 12.2. The summed E-state index contributed by atoms with van der Waals surface area (Å²) >= 11 is 0. The van der Waals surface area contributed by atoms with Crippen LogP contribution >= 0.6 is 0 Å². The summed E-state index contributed by atoms with van der Waals surface area (Å²) in [6, 6.07) is 0. The summed E-state index contributed by atoms with van der Waals surface area (Å²) in [6.45, 7) is 7.10. The van der Waals surface area contributed by atoms with E-state index >= 15 is 0 Å². The van der Waals surface area contributed by atoms with Gasteiger partial charge < -0.3 is 14.4 Å². The van der Waals surface area contributed by atoms with E-state index in [9.17, 15) is 4.79 Å². The highest BCUT2D eigenvalue weighted by Gasteiger charge is 2.33. The molecule has 0 aromatic carbocycles. The Kier molecular flexibility index (Phi) is 4.11. The van der Waals surface area contributed by atoms with Gasteiger partial charge in [0.25, 0.3) is 0 Å². The van der Waals surface area contributed by atoms with Crippen LogP contribution in [0.1, 0.15) is 27.2 Å². The summed E-state index contributed by atoms with van der Waals surface area (Å²) in [5.41, 5.74) is -0.356. The van der Waals surface area contributed by atoms with Gasteiger partial charge >= 0.3 is 0 Å². The minimum Gasteiger partial charge on any atom is -0.480 e. The van der Waals surface area contributed by atoms with Gasteiger partial charge in [0.2, 0.25) is 17.7 Å². The number of likely N-dealkylation sites (tertiary alicyclic amines) is 1. The highest BCUT2D eigenvalue weighted by atomic mass is 16.5. The van der Waals surface area contributed by atoms with Gasteiger partial charge in [0.05, 0.1) is 26.0 Å². The fourth-order valence-corrected chi connectivity index (χ4v) is 2.14. The van der Waals surface area contributed by atoms with Gasteiger partial charge in [0.1, 0.15) is 6.10 Å². The van der Waals surface area contributed by atoms with Crippen LogP contribution < -0.4 is 9.47 Å². The van der Waals surface area contributed by atoms with Crippen LogP contribution in [0.5, 0.6) is 11.8 Å². The van der Waals surface area contributed by atoms with E-state index in [0.717, 1.165) is 13.0 Å². The SMILES string of the molecule is COc1cncc(OC2CCN(C(=O)C(C)(C)C)C2)n1. The Hall–Kier alpha value is -1.85. The van der Waals surface area contributed by atoms with Crippen molar-refractivity contribution in [1.82, 2.24) is 14.9 Å². The lowest BCUT2D eigenvalue weighted by Crippen LogP contribution is -2.38. The summed E-state index contributed by atoms with van der Waals surface area (Å²) in [5, 5.41) is 0. The number of hydrogen-bond acceptors (Lipinski definition) is 5. The van der Waals surface area contributed by atoms with Crippen LogP contribution in [-0.2, 0) is 4.79 Å². The van der Waals surface area contributed by atoms with Crippen LogP contribution in [0.15, 0.2) is 12.4 Å². The molecule has 1 unspecified atom stereocenters. The Labute approximate surface area is 119 Å². The van der Waals surface area contributed by atoms with Gasteiger partial charge in [-0.1, -0.05) is 20.8 Å². The van der Waals surface area contributed by atoms with E-state index in [1.165, 1.54) is 13.3 Å². The fourth-order valence-electron chi connectivity index (χ4n) is 2.14. The molecule has 0 spiro atoms. The van der Waals surface area contributed by atoms with Crippen molar-refractivity contribution in [3.63, 3.8) is 0 Å². The lowest BCUT2D eigenvalue weighted by atomic mass is 9.95. The molecular weight excluding hydrogens is 258 g/mol. The maximum atomic E-state index is 12.2. The van der Waals surface area contributed by atoms with E-state index in [1.807, 2.05) is 25.7 Å². The average molecular weight is 279 g/mol. The first-order valence-corrected chi connectivity index (χ1v) is 6.72. The van der Waals surface area contributed by atoms with Crippen LogP contribution in [0.4, 0.5) is 0 Å². The Morgan fingerprint density at radius 2 is 2.05 bits per heavy atom. The van der Waals surface area contributed by atoms with Crippen molar-refractivity contribution >= 4 is 5.91 Å². The van der Waals surface area contributed by atoms with E-state index in [2.05, 4.69) is 9.97 Å². The van der Waals surface area contributed by atoms with E-state index in [-0.39, 0.29) is 17.4 Å². The molecule has 110 valence electrons. The molecule has 1 saturated heterocycles. The maximum Gasteiger partial charge on any atom is 0.235 e. The summed E-state index contributed by atoms with van der Waals surface area (Å²) in [7, 11) is 1.53. The summed E-state index contributed by atoms with van der Waals surface area (Å²) in [6.07, 6.45) is 3.84. The average Bonchev–Trinajstić information content (AvgIpc) is 2.85. The van der Waals surface area contributed by atoms with Crippen molar-refractivity contribution in [2.75, 3.05) is 20.2 Å².